The van der Waals surface area contributed by atoms with Crippen LogP contribution in [0.4, 0.5) is 0 Å². The van der Waals surface area contributed by atoms with E-state index in [0.29, 0.717) is 5.02 Å². The largest absolute Gasteiger partial charge is 0.218 e. The van der Waals surface area contributed by atoms with Gasteiger partial charge in [0, 0.05) is 5.02 Å². The molecule has 0 bridgehead atoms. The van der Waals surface area contributed by atoms with Crippen LogP contribution in [0.5, 0.6) is 0 Å². The lowest BCUT2D eigenvalue weighted by Gasteiger charge is -2.10. The Morgan fingerprint density at radius 1 is 0.842 bits per heavy atom. The molecule has 19 heavy (non-hydrogen) atoms. The van der Waals surface area contributed by atoms with E-state index in [4.69, 9.17) is 46.4 Å². The fourth-order valence-electron chi connectivity index (χ4n) is 1.51. The quantitative estimate of drug-likeness (QED) is 0.699. The van der Waals surface area contributed by atoms with E-state index in [1.807, 2.05) is 0 Å². The van der Waals surface area contributed by atoms with Gasteiger partial charge in [0.05, 0.1) is 20.0 Å². The molecule has 0 aliphatic carbocycles. The molecule has 0 N–H and O–H groups in total. The highest BCUT2D eigenvalue weighted by atomic mass is 35.5. The Labute approximate surface area is 130 Å². The van der Waals surface area contributed by atoms with Crippen molar-refractivity contribution in [1.82, 2.24) is 0 Å². The van der Waals surface area contributed by atoms with Crippen molar-refractivity contribution in [2.45, 2.75) is 9.79 Å². The molecule has 0 aliphatic heterocycles. The average Bonchev–Trinajstić information content (AvgIpc) is 2.34. The molecule has 100 valence electrons. The third-order valence-electron chi connectivity index (χ3n) is 2.38. The highest BCUT2D eigenvalue weighted by Crippen LogP contribution is 2.38. The maximum Gasteiger partial charge on any atom is 0.209 e. The predicted molar refractivity (Wildman–Crippen MR) is 78.4 cm³/mol. The van der Waals surface area contributed by atoms with Gasteiger partial charge in [-0.25, -0.2) is 8.42 Å². The first kappa shape index (κ1) is 14.9. The lowest BCUT2D eigenvalue weighted by atomic mass is 10.3. The van der Waals surface area contributed by atoms with E-state index < -0.39 is 9.84 Å². The summed E-state index contributed by atoms with van der Waals surface area (Å²) in [4.78, 5) is -0.211. The van der Waals surface area contributed by atoms with Crippen molar-refractivity contribution in [3.05, 3.63) is 56.5 Å². The summed E-state index contributed by atoms with van der Waals surface area (Å²) >= 11 is 23.5. The van der Waals surface area contributed by atoms with Gasteiger partial charge in [0.1, 0.15) is 4.90 Å². The fourth-order valence-corrected chi connectivity index (χ4v) is 4.40. The number of rotatable bonds is 2. The van der Waals surface area contributed by atoms with Crippen LogP contribution in [0.1, 0.15) is 0 Å². The van der Waals surface area contributed by atoms with Crippen molar-refractivity contribution < 1.29 is 8.42 Å². The summed E-state index contributed by atoms with van der Waals surface area (Å²) < 4.78 is 25.0. The summed E-state index contributed by atoms with van der Waals surface area (Å²) in [6.07, 6.45) is 0. The Hall–Kier alpha value is -0.450. The van der Waals surface area contributed by atoms with Gasteiger partial charge >= 0.3 is 0 Å². The number of sulfone groups is 1. The normalized spacial score (nSPS) is 11.6. The van der Waals surface area contributed by atoms with E-state index in [0.717, 1.165) is 0 Å². The Bertz CT molecular complexity index is 741. The van der Waals surface area contributed by atoms with Gasteiger partial charge in [0.15, 0.2) is 0 Å². The third-order valence-corrected chi connectivity index (χ3v) is 5.79. The highest BCUT2D eigenvalue weighted by molar-refractivity contribution is 7.91. The molecule has 2 aromatic rings. The average molecular weight is 356 g/mol. The zero-order valence-electron chi connectivity index (χ0n) is 9.20. The molecule has 0 amide bonds. The van der Waals surface area contributed by atoms with E-state index in [-0.39, 0.29) is 24.9 Å². The lowest BCUT2D eigenvalue weighted by Crippen LogP contribution is -2.04. The smallest absolute Gasteiger partial charge is 0.209 e. The molecule has 2 nitrogen and oxygen atoms in total. The molecule has 0 saturated carbocycles. The van der Waals surface area contributed by atoms with Crippen molar-refractivity contribution in [2.24, 2.45) is 0 Å². The van der Waals surface area contributed by atoms with Gasteiger partial charge < -0.3 is 0 Å². The fraction of sp³-hybridized carbons (Fsp3) is 0. The van der Waals surface area contributed by atoms with Gasteiger partial charge in [-0.05, 0) is 30.3 Å². The van der Waals surface area contributed by atoms with Gasteiger partial charge in [0.2, 0.25) is 9.84 Å². The molecule has 2 rings (SSSR count). The number of hydrogen-bond acceptors (Lipinski definition) is 2. The SMILES string of the molecule is O=S(=O)(c1cccc(Cl)c1)c1c(Cl)ccc(Cl)c1Cl. The van der Waals surface area contributed by atoms with Crippen molar-refractivity contribution >= 4 is 56.2 Å². The van der Waals surface area contributed by atoms with Crippen LogP contribution in [0, 0.1) is 0 Å². The second-order valence-corrected chi connectivity index (χ2v) is 7.15. The van der Waals surface area contributed by atoms with E-state index >= 15 is 0 Å². The van der Waals surface area contributed by atoms with Crippen LogP contribution in [-0.2, 0) is 9.84 Å². The molecular weight excluding hydrogens is 350 g/mol. The van der Waals surface area contributed by atoms with Crippen LogP contribution >= 0.6 is 46.4 Å². The zero-order chi connectivity index (χ0) is 14.2. The molecule has 0 aromatic heterocycles. The third kappa shape index (κ3) is 2.86. The second-order valence-electron chi connectivity index (χ2n) is 3.63. The molecule has 0 saturated heterocycles. The summed E-state index contributed by atoms with van der Waals surface area (Å²) in [6.45, 7) is 0. The Balaban J connectivity index is 2.74. The summed E-state index contributed by atoms with van der Waals surface area (Å²) in [7, 11) is -3.88. The van der Waals surface area contributed by atoms with Gasteiger partial charge in [0.25, 0.3) is 0 Å². The molecule has 7 heteroatoms. The predicted octanol–water partition coefficient (Wildman–Crippen LogP) is 5.13. The summed E-state index contributed by atoms with van der Waals surface area (Å²) in [5, 5.41) is 0.325. The first-order valence-electron chi connectivity index (χ1n) is 4.98. The molecule has 0 atom stereocenters. The molecule has 0 fully saturated rings. The topological polar surface area (TPSA) is 34.1 Å². The van der Waals surface area contributed by atoms with Crippen LogP contribution in [0.25, 0.3) is 0 Å². The van der Waals surface area contributed by atoms with Crippen LogP contribution in [0.15, 0.2) is 46.2 Å². The molecule has 0 aliphatic rings. The minimum atomic E-state index is -3.88. The molecule has 0 radical (unpaired) electrons. The van der Waals surface area contributed by atoms with Gasteiger partial charge in [-0.1, -0.05) is 52.5 Å². The van der Waals surface area contributed by atoms with E-state index in [9.17, 15) is 8.42 Å². The standard InChI is InChI=1S/C12H6Cl4O2S/c13-7-2-1-3-8(6-7)19(17,18)12-10(15)5-4-9(14)11(12)16/h1-6H. The van der Waals surface area contributed by atoms with Crippen molar-refractivity contribution in [3.8, 4) is 0 Å². The first-order valence-corrected chi connectivity index (χ1v) is 7.97. The molecule has 0 spiro atoms. The van der Waals surface area contributed by atoms with Gasteiger partial charge in [-0.2, -0.15) is 0 Å². The second kappa shape index (κ2) is 5.51. The molecule has 0 heterocycles. The minimum Gasteiger partial charge on any atom is -0.218 e. The highest BCUT2D eigenvalue weighted by Gasteiger charge is 2.25. The Kier molecular flexibility index (Phi) is 4.33. The van der Waals surface area contributed by atoms with Crippen LogP contribution in [0.2, 0.25) is 20.1 Å². The lowest BCUT2D eigenvalue weighted by molar-refractivity contribution is 0.596. The summed E-state index contributed by atoms with van der Waals surface area (Å²) in [5.74, 6) is 0. The number of hydrogen-bond donors (Lipinski definition) is 0. The maximum absolute atomic E-state index is 12.5. The Morgan fingerprint density at radius 2 is 1.47 bits per heavy atom. The molecule has 2 aromatic carbocycles. The summed E-state index contributed by atoms with van der Waals surface area (Å²) in [6, 6.07) is 8.65. The molecular formula is C12H6Cl4O2S. The van der Waals surface area contributed by atoms with Crippen LogP contribution in [0.3, 0.4) is 0 Å². The minimum absolute atomic E-state index is 0.00562. The van der Waals surface area contributed by atoms with Crippen molar-refractivity contribution in [1.29, 1.82) is 0 Å². The van der Waals surface area contributed by atoms with E-state index in [1.165, 1.54) is 30.3 Å². The maximum atomic E-state index is 12.5. The zero-order valence-corrected chi connectivity index (χ0v) is 13.0. The van der Waals surface area contributed by atoms with Gasteiger partial charge in [-0.3, -0.25) is 0 Å². The van der Waals surface area contributed by atoms with Gasteiger partial charge in [-0.15, -0.1) is 0 Å². The number of halogens is 4. The Morgan fingerprint density at radius 3 is 2.11 bits per heavy atom. The van der Waals surface area contributed by atoms with E-state index in [2.05, 4.69) is 0 Å². The monoisotopic (exact) mass is 354 g/mol. The number of benzene rings is 2. The van der Waals surface area contributed by atoms with Crippen molar-refractivity contribution in [3.63, 3.8) is 0 Å². The first-order chi connectivity index (χ1) is 8.84. The van der Waals surface area contributed by atoms with E-state index in [1.54, 1.807) is 6.07 Å². The van der Waals surface area contributed by atoms with Crippen molar-refractivity contribution in [2.75, 3.05) is 0 Å². The molecule has 0 unspecified atom stereocenters. The summed E-state index contributed by atoms with van der Waals surface area (Å²) in [5.41, 5.74) is 0. The van der Waals surface area contributed by atoms with Crippen LogP contribution < -0.4 is 0 Å². The van der Waals surface area contributed by atoms with Crippen LogP contribution in [-0.4, -0.2) is 8.42 Å².